The van der Waals surface area contributed by atoms with Crippen molar-refractivity contribution in [2.45, 2.75) is 19.8 Å². The third-order valence-electron chi connectivity index (χ3n) is 3.59. The molecular weight excluding hydrogens is 342 g/mol. The zero-order valence-electron chi connectivity index (χ0n) is 12.2. The summed E-state index contributed by atoms with van der Waals surface area (Å²) in [6.07, 6.45) is 8.03. The lowest BCUT2D eigenvalue weighted by molar-refractivity contribution is 0.980. The third kappa shape index (κ3) is 3.20. The summed E-state index contributed by atoms with van der Waals surface area (Å²) in [5.74, 6) is 0.576. The molecule has 0 fully saturated rings. The Morgan fingerprint density at radius 2 is 2.05 bits per heavy atom. The van der Waals surface area contributed by atoms with Crippen LogP contribution in [0.2, 0.25) is 0 Å². The first kappa shape index (κ1) is 14.8. The average molecular weight is 358 g/mol. The maximum atomic E-state index is 11.9. The number of fused-ring (bicyclic) bond motifs is 1. The fourth-order valence-corrected chi connectivity index (χ4v) is 2.70. The quantitative estimate of drug-likeness (QED) is 0.868. The number of nitrogens with zero attached hydrogens (tertiary/aromatic N) is 1. The topological polar surface area (TPSA) is 57.8 Å². The molecule has 1 aromatic heterocycles. The van der Waals surface area contributed by atoms with Crippen LogP contribution >= 0.6 is 15.9 Å². The summed E-state index contributed by atoms with van der Waals surface area (Å²) >= 11 is 3.41. The van der Waals surface area contributed by atoms with E-state index in [1.807, 2.05) is 43.3 Å². The fraction of sp³-hybridized carbons (Fsp3) is 0.176. The summed E-state index contributed by atoms with van der Waals surface area (Å²) in [6.45, 7) is 2.05. The Hall–Kier alpha value is -2.14. The van der Waals surface area contributed by atoms with E-state index in [1.165, 1.54) is 0 Å². The van der Waals surface area contributed by atoms with Gasteiger partial charge >= 0.3 is 5.69 Å². The van der Waals surface area contributed by atoms with Crippen LogP contribution in [-0.2, 0) is 0 Å². The van der Waals surface area contributed by atoms with Crippen molar-refractivity contribution < 1.29 is 0 Å². The van der Waals surface area contributed by atoms with Crippen molar-refractivity contribution in [2.24, 2.45) is 0 Å². The lowest BCUT2D eigenvalue weighted by Crippen LogP contribution is -2.39. The lowest BCUT2D eigenvalue weighted by atomic mass is 10.1. The SMILES string of the molecule is CC1=c2[nH]c(=O)nc(Nc3ccc(Br)cc3)c2=CC=CCC1. The third-order valence-corrected chi connectivity index (χ3v) is 4.12. The summed E-state index contributed by atoms with van der Waals surface area (Å²) in [6, 6.07) is 7.77. The molecular formula is C17H16BrN3O. The van der Waals surface area contributed by atoms with Crippen LogP contribution in [0.4, 0.5) is 11.5 Å². The number of aromatic nitrogens is 2. The highest BCUT2D eigenvalue weighted by Crippen LogP contribution is 2.16. The van der Waals surface area contributed by atoms with E-state index in [2.05, 4.69) is 37.3 Å². The lowest BCUT2D eigenvalue weighted by Gasteiger charge is -2.09. The van der Waals surface area contributed by atoms with Crippen molar-refractivity contribution >= 4 is 39.1 Å². The highest BCUT2D eigenvalue weighted by atomic mass is 79.9. The predicted octanol–water partition coefficient (Wildman–Crippen LogP) is 2.58. The van der Waals surface area contributed by atoms with Gasteiger partial charge in [0.15, 0.2) is 0 Å². The average Bonchev–Trinajstić information content (AvgIpc) is 2.48. The van der Waals surface area contributed by atoms with Gasteiger partial charge in [0.1, 0.15) is 5.82 Å². The molecule has 0 atom stereocenters. The molecule has 4 nitrogen and oxygen atoms in total. The molecule has 3 rings (SSSR count). The smallest absolute Gasteiger partial charge is 0.339 e. The van der Waals surface area contributed by atoms with Gasteiger partial charge in [-0.1, -0.05) is 28.1 Å². The van der Waals surface area contributed by atoms with Crippen LogP contribution in [0.3, 0.4) is 0 Å². The predicted molar refractivity (Wildman–Crippen MR) is 93.5 cm³/mol. The van der Waals surface area contributed by atoms with E-state index in [0.717, 1.165) is 39.1 Å². The molecule has 0 saturated carbocycles. The minimum Gasteiger partial charge on any atom is -0.339 e. The zero-order valence-corrected chi connectivity index (χ0v) is 13.8. The van der Waals surface area contributed by atoms with Gasteiger partial charge in [-0.25, -0.2) is 4.79 Å². The Morgan fingerprint density at radius 1 is 1.27 bits per heavy atom. The van der Waals surface area contributed by atoms with E-state index in [1.54, 1.807) is 0 Å². The maximum absolute atomic E-state index is 11.9. The minimum atomic E-state index is -0.337. The Morgan fingerprint density at radius 3 is 2.82 bits per heavy atom. The second-order valence-corrected chi connectivity index (χ2v) is 6.14. The van der Waals surface area contributed by atoms with Crippen LogP contribution in [-0.4, -0.2) is 9.97 Å². The van der Waals surface area contributed by atoms with Crippen LogP contribution < -0.4 is 21.6 Å². The summed E-state index contributed by atoms with van der Waals surface area (Å²) in [5, 5.41) is 5.02. The number of aromatic amines is 1. The summed E-state index contributed by atoms with van der Waals surface area (Å²) in [4.78, 5) is 18.9. The van der Waals surface area contributed by atoms with E-state index in [-0.39, 0.29) is 5.69 Å². The molecule has 2 aromatic rings. The molecule has 1 heterocycles. The normalized spacial score (nSPS) is 13.8. The number of allylic oxidation sites excluding steroid dienone is 2. The number of halogens is 1. The second-order valence-electron chi connectivity index (χ2n) is 5.22. The van der Waals surface area contributed by atoms with Gasteiger partial charge in [-0.2, -0.15) is 4.98 Å². The van der Waals surface area contributed by atoms with Crippen molar-refractivity contribution in [1.82, 2.24) is 9.97 Å². The van der Waals surface area contributed by atoms with Crippen molar-refractivity contribution in [3.8, 4) is 0 Å². The van der Waals surface area contributed by atoms with Gasteiger partial charge < -0.3 is 10.3 Å². The Bertz CT molecular complexity index is 895. The highest BCUT2D eigenvalue weighted by Gasteiger charge is 2.05. The van der Waals surface area contributed by atoms with Gasteiger partial charge in [0.25, 0.3) is 0 Å². The van der Waals surface area contributed by atoms with Gasteiger partial charge in [-0.15, -0.1) is 0 Å². The Labute approximate surface area is 136 Å². The zero-order chi connectivity index (χ0) is 15.5. The van der Waals surface area contributed by atoms with E-state index >= 15 is 0 Å². The molecule has 0 bridgehead atoms. The number of H-pyrrole nitrogens is 1. The molecule has 1 aliphatic carbocycles. The van der Waals surface area contributed by atoms with Crippen LogP contribution in [0, 0.1) is 0 Å². The molecule has 1 aromatic carbocycles. The van der Waals surface area contributed by atoms with Gasteiger partial charge in [0.05, 0.1) is 5.35 Å². The number of hydrogen-bond donors (Lipinski definition) is 2. The first-order chi connectivity index (χ1) is 10.6. The molecule has 0 unspecified atom stereocenters. The molecule has 0 aliphatic heterocycles. The number of hydrogen-bond acceptors (Lipinski definition) is 3. The standard InChI is InChI=1S/C17H16BrN3O/c1-11-5-3-2-4-6-14-15(11)20-17(22)21-16(14)19-13-9-7-12(18)8-10-13/h2,4,6-10H,3,5H2,1H3,(H2,19,20,21,22). The van der Waals surface area contributed by atoms with Crippen molar-refractivity contribution in [3.63, 3.8) is 0 Å². The summed E-state index contributed by atoms with van der Waals surface area (Å²) < 4.78 is 1.01. The van der Waals surface area contributed by atoms with Crippen molar-refractivity contribution in [1.29, 1.82) is 0 Å². The van der Waals surface area contributed by atoms with Gasteiger partial charge in [0.2, 0.25) is 0 Å². The number of rotatable bonds is 2. The molecule has 112 valence electrons. The van der Waals surface area contributed by atoms with Crippen LogP contribution in [0.15, 0.2) is 45.7 Å². The van der Waals surface area contributed by atoms with Crippen LogP contribution in [0.1, 0.15) is 19.8 Å². The Kier molecular flexibility index (Phi) is 4.24. The molecule has 22 heavy (non-hydrogen) atoms. The van der Waals surface area contributed by atoms with Gasteiger partial charge in [-0.3, -0.25) is 0 Å². The largest absolute Gasteiger partial charge is 0.347 e. The van der Waals surface area contributed by atoms with Crippen molar-refractivity contribution in [2.75, 3.05) is 5.32 Å². The van der Waals surface area contributed by atoms with E-state index < -0.39 is 0 Å². The van der Waals surface area contributed by atoms with E-state index in [9.17, 15) is 4.79 Å². The number of nitrogens with one attached hydrogen (secondary N) is 2. The summed E-state index contributed by atoms with van der Waals surface area (Å²) in [5.41, 5.74) is 1.71. The van der Waals surface area contributed by atoms with Crippen LogP contribution in [0.5, 0.6) is 0 Å². The molecule has 1 aliphatic rings. The molecule has 0 radical (unpaired) electrons. The maximum Gasteiger partial charge on any atom is 0.347 e. The van der Waals surface area contributed by atoms with Gasteiger partial charge in [-0.05, 0) is 55.7 Å². The van der Waals surface area contributed by atoms with Gasteiger partial charge in [0, 0.05) is 15.4 Å². The molecule has 2 N–H and O–H groups in total. The second kappa shape index (κ2) is 6.32. The fourth-order valence-electron chi connectivity index (χ4n) is 2.43. The van der Waals surface area contributed by atoms with Crippen LogP contribution in [0.25, 0.3) is 11.6 Å². The molecule has 0 spiro atoms. The number of benzene rings is 1. The minimum absolute atomic E-state index is 0.337. The number of anilines is 2. The van der Waals surface area contributed by atoms with Crippen molar-refractivity contribution in [3.05, 3.63) is 61.9 Å². The molecule has 0 saturated heterocycles. The highest BCUT2D eigenvalue weighted by molar-refractivity contribution is 9.10. The molecule has 5 heteroatoms. The molecule has 0 amide bonds. The van der Waals surface area contributed by atoms with E-state index in [4.69, 9.17) is 0 Å². The monoisotopic (exact) mass is 357 g/mol. The summed E-state index contributed by atoms with van der Waals surface area (Å²) in [7, 11) is 0. The van der Waals surface area contributed by atoms with E-state index in [0.29, 0.717) is 5.82 Å². The Balaban J connectivity index is 2.19. The first-order valence-corrected chi connectivity index (χ1v) is 7.92. The first-order valence-electron chi connectivity index (χ1n) is 7.13.